The molecule has 1 aliphatic rings. The van der Waals surface area contributed by atoms with Gasteiger partial charge in [0, 0.05) is 11.5 Å². The van der Waals surface area contributed by atoms with Crippen LogP contribution in [0.3, 0.4) is 0 Å². The number of rotatable bonds is 3. The van der Waals surface area contributed by atoms with Crippen molar-refractivity contribution in [2.75, 3.05) is 0 Å². The van der Waals surface area contributed by atoms with E-state index in [1.807, 2.05) is 13.0 Å². The Balaban J connectivity index is 2.12. The van der Waals surface area contributed by atoms with Crippen molar-refractivity contribution < 1.29 is 0 Å². The second-order valence-electron chi connectivity index (χ2n) is 5.24. The summed E-state index contributed by atoms with van der Waals surface area (Å²) in [5, 5.41) is 8.72. The molecule has 4 heteroatoms. The van der Waals surface area contributed by atoms with Gasteiger partial charge in [-0.2, -0.15) is 15.0 Å². The Morgan fingerprint density at radius 1 is 1.33 bits per heavy atom. The lowest BCUT2D eigenvalue weighted by Crippen LogP contribution is -2.32. The number of hydrogen-bond donors (Lipinski definition) is 1. The molecule has 0 spiro atoms. The van der Waals surface area contributed by atoms with E-state index in [0.717, 1.165) is 24.2 Å². The largest absolute Gasteiger partial charge is 0.327 e. The lowest BCUT2D eigenvalue weighted by atomic mass is 9.88. The summed E-state index contributed by atoms with van der Waals surface area (Å²) in [5.74, 6) is 0. The van der Waals surface area contributed by atoms with Crippen molar-refractivity contribution >= 4 is 0 Å². The van der Waals surface area contributed by atoms with Crippen molar-refractivity contribution in [2.24, 2.45) is 5.73 Å². The third kappa shape index (κ3) is 1.64. The SMILES string of the molecule is Cc1cnn(-c2ccccc2C2(C(C)N)CC2)n1. The van der Waals surface area contributed by atoms with Gasteiger partial charge in [0.2, 0.25) is 0 Å². The summed E-state index contributed by atoms with van der Waals surface area (Å²) in [7, 11) is 0. The Labute approximate surface area is 107 Å². The standard InChI is InChI=1S/C14H18N4/c1-10-9-16-18(17-10)13-6-4-3-5-12(13)14(7-8-14)11(2)15/h3-6,9,11H,7-8,15H2,1-2H3. The van der Waals surface area contributed by atoms with E-state index in [1.54, 1.807) is 11.0 Å². The van der Waals surface area contributed by atoms with Crippen LogP contribution in [0.1, 0.15) is 31.0 Å². The zero-order chi connectivity index (χ0) is 12.8. The predicted molar refractivity (Wildman–Crippen MR) is 70.7 cm³/mol. The van der Waals surface area contributed by atoms with Crippen LogP contribution in [0, 0.1) is 6.92 Å². The number of hydrogen-bond acceptors (Lipinski definition) is 3. The second-order valence-corrected chi connectivity index (χ2v) is 5.24. The second kappa shape index (κ2) is 3.92. The number of nitrogens with two attached hydrogens (primary N) is 1. The van der Waals surface area contributed by atoms with Gasteiger partial charge in [-0.1, -0.05) is 18.2 Å². The molecule has 1 saturated carbocycles. The maximum absolute atomic E-state index is 6.17. The summed E-state index contributed by atoms with van der Waals surface area (Å²) in [6, 6.07) is 8.48. The molecule has 18 heavy (non-hydrogen) atoms. The van der Waals surface area contributed by atoms with E-state index in [9.17, 15) is 0 Å². The third-order valence-electron chi connectivity index (χ3n) is 3.92. The molecule has 4 nitrogen and oxygen atoms in total. The number of para-hydroxylation sites is 1. The average Bonchev–Trinajstić information content (AvgIpc) is 3.07. The van der Waals surface area contributed by atoms with Crippen molar-refractivity contribution in [3.05, 3.63) is 41.7 Å². The zero-order valence-corrected chi connectivity index (χ0v) is 10.8. The van der Waals surface area contributed by atoms with Gasteiger partial charge in [-0.05, 0) is 38.3 Å². The van der Waals surface area contributed by atoms with E-state index < -0.39 is 0 Å². The fourth-order valence-electron chi connectivity index (χ4n) is 2.63. The normalized spacial score (nSPS) is 18.6. The van der Waals surface area contributed by atoms with Gasteiger partial charge in [-0.25, -0.2) is 0 Å². The van der Waals surface area contributed by atoms with E-state index in [2.05, 4.69) is 35.3 Å². The molecule has 0 radical (unpaired) electrons. The maximum Gasteiger partial charge on any atom is 0.0894 e. The zero-order valence-electron chi connectivity index (χ0n) is 10.8. The lowest BCUT2D eigenvalue weighted by molar-refractivity contribution is 0.549. The van der Waals surface area contributed by atoms with Crippen LogP contribution in [0.2, 0.25) is 0 Å². The van der Waals surface area contributed by atoms with Crippen molar-refractivity contribution in [1.29, 1.82) is 0 Å². The monoisotopic (exact) mass is 242 g/mol. The smallest absolute Gasteiger partial charge is 0.0894 e. The van der Waals surface area contributed by atoms with Crippen molar-refractivity contribution in [2.45, 2.75) is 38.1 Å². The van der Waals surface area contributed by atoms with Gasteiger partial charge < -0.3 is 5.73 Å². The van der Waals surface area contributed by atoms with Crippen LogP contribution >= 0.6 is 0 Å². The van der Waals surface area contributed by atoms with E-state index in [-0.39, 0.29) is 11.5 Å². The fraction of sp³-hybridized carbons (Fsp3) is 0.429. The highest BCUT2D eigenvalue weighted by molar-refractivity contribution is 5.48. The van der Waals surface area contributed by atoms with E-state index in [1.165, 1.54) is 5.56 Å². The van der Waals surface area contributed by atoms with Gasteiger partial charge in [0.05, 0.1) is 17.6 Å². The molecule has 1 unspecified atom stereocenters. The van der Waals surface area contributed by atoms with Gasteiger partial charge in [0.1, 0.15) is 0 Å². The molecule has 2 aromatic rings. The van der Waals surface area contributed by atoms with E-state index in [0.29, 0.717) is 0 Å². The maximum atomic E-state index is 6.17. The molecular weight excluding hydrogens is 224 g/mol. The Morgan fingerprint density at radius 3 is 2.61 bits per heavy atom. The number of aryl methyl sites for hydroxylation is 1. The molecule has 2 N–H and O–H groups in total. The number of aromatic nitrogens is 3. The number of benzene rings is 1. The van der Waals surface area contributed by atoms with Crippen LogP contribution in [0.5, 0.6) is 0 Å². The summed E-state index contributed by atoms with van der Waals surface area (Å²) in [5.41, 5.74) is 9.55. The number of nitrogens with zero attached hydrogens (tertiary/aromatic N) is 3. The fourth-order valence-corrected chi connectivity index (χ4v) is 2.63. The first kappa shape index (κ1) is 11.4. The molecule has 1 heterocycles. The van der Waals surface area contributed by atoms with Crippen molar-refractivity contribution in [3.63, 3.8) is 0 Å². The lowest BCUT2D eigenvalue weighted by Gasteiger charge is -2.22. The molecule has 3 rings (SSSR count). The van der Waals surface area contributed by atoms with Gasteiger partial charge in [-0.3, -0.25) is 0 Å². The Hall–Kier alpha value is -1.68. The minimum Gasteiger partial charge on any atom is -0.327 e. The Morgan fingerprint density at radius 2 is 2.06 bits per heavy atom. The van der Waals surface area contributed by atoms with E-state index in [4.69, 9.17) is 5.73 Å². The molecule has 94 valence electrons. The molecule has 1 atom stereocenters. The first-order valence-electron chi connectivity index (χ1n) is 6.38. The molecule has 1 aliphatic carbocycles. The quantitative estimate of drug-likeness (QED) is 0.895. The predicted octanol–water partition coefficient (Wildman–Crippen LogP) is 1.95. The van der Waals surface area contributed by atoms with Crippen LogP contribution in [0.4, 0.5) is 0 Å². The summed E-state index contributed by atoms with van der Waals surface area (Å²) in [4.78, 5) is 1.72. The minimum absolute atomic E-state index is 0.123. The van der Waals surface area contributed by atoms with Gasteiger partial charge in [0.25, 0.3) is 0 Å². The van der Waals surface area contributed by atoms with Gasteiger partial charge in [-0.15, -0.1) is 0 Å². The minimum atomic E-state index is 0.123. The van der Waals surface area contributed by atoms with Crippen LogP contribution in [0.15, 0.2) is 30.5 Å². The molecule has 0 bridgehead atoms. The van der Waals surface area contributed by atoms with Crippen LogP contribution in [-0.4, -0.2) is 21.0 Å². The first-order chi connectivity index (χ1) is 8.63. The Kier molecular flexibility index (Phi) is 2.48. The average molecular weight is 242 g/mol. The van der Waals surface area contributed by atoms with Gasteiger partial charge >= 0.3 is 0 Å². The summed E-state index contributed by atoms with van der Waals surface area (Å²) < 4.78 is 0. The third-order valence-corrected chi connectivity index (χ3v) is 3.92. The molecule has 0 saturated heterocycles. The summed E-state index contributed by atoms with van der Waals surface area (Å²) >= 11 is 0. The van der Waals surface area contributed by atoms with E-state index >= 15 is 0 Å². The molecule has 0 amide bonds. The summed E-state index contributed by atoms with van der Waals surface area (Å²) in [6.07, 6.45) is 4.09. The highest BCUT2D eigenvalue weighted by Gasteiger charge is 2.48. The highest BCUT2D eigenvalue weighted by Crippen LogP contribution is 2.51. The van der Waals surface area contributed by atoms with Crippen LogP contribution < -0.4 is 5.73 Å². The Bertz CT molecular complexity index is 567. The molecule has 1 aromatic heterocycles. The highest BCUT2D eigenvalue weighted by atomic mass is 15.5. The van der Waals surface area contributed by atoms with Gasteiger partial charge in [0.15, 0.2) is 0 Å². The molecule has 0 aliphatic heterocycles. The van der Waals surface area contributed by atoms with Crippen LogP contribution in [0.25, 0.3) is 5.69 Å². The topological polar surface area (TPSA) is 56.7 Å². The first-order valence-corrected chi connectivity index (χ1v) is 6.38. The van der Waals surface area contributed by atoms with Crippen LogP contribution in [-0.2, 0) is 5.41 Å². The molecule has 1 aromatic carbocycles. The van der Waals surface area contributed by atoms with Crippen molar-refractivity contribution in [3.8, 4) is 5.69 Å². The molecular formula is C14H18N4. The molecule has 1 fully saturated rings. The van der Waals surface area contributed by atoms with Crippen molar-refractivity contribution in [1.82, 2.24) is 15.0 Å². The summed E-state index contributed by atoms with van der Waals surface area (Å²) in [6.45, 7) is 4.04.